The van der Waals surface area contributed by atoms with Gasteiger partial charge < -0.3 is 15.2 Å². The van der Waals surface area contributed by atoms with E-state index >= 15 is 0 Å². The summed E-state index contributed by atoms with van der Waals surface area (Å²) < 4.78 is 4.52. The third kappa shape index (κ3) is 4.00. The first-order valence-electron chi connectivity index (χ1n) is 5.24. The molecule has 0 aliphatic heterocycles. The number of carboxylic acids is 1. The van der Waals surface area contributed by atoms with E-state index < -0.39 is 17.5 Å². The van der Waals surface area contributed by atoms with Crippen LogP contribution in [0.5, 0.6) is 0 Å². The Morgan fingerprint density at radius 3 is 2.67 bits per heavy atom. The summed E-state index contributed by atoms with van der Waals surface area (Å²) in [6.07, 6.45) is 2.61. The molecule has 7 heteroatoms. The van der Waals surface area contributed by atoms with Crippen LogP contribution in [0, 0.1) is 0 Å². The molecule has 0 fully saturated rings. The lowest BCUT2D eigenvalue weighted by Crippen LogP contribution is -2.34. The van der Waals surface area contributed by atoms with E-state index in [2.05, 4.69) is 20.0 Å². The number of carbonyl (C=O) groups is 2. The van der Waals surface area contributed by atoms with Gasteiger partial charge in [0, 0.05) is 5.54 Å². The molecule has 18 heavy (non-hydrogen) atoms. The summed E-state index contributed by atoms with van der Waals surface area (Å²) >= 11 is 0. The fourth-order valence-corrected chi connectivity index (χ4v) is 1.40. The van der Waals surface area contributed by atoms with Crippen molar-refractivity contribution in [3.05, 3.63) is 18.1 Å². The van der Waals surface area contributed by atoms with E-state index in [1.54, 1.807) is 13.8 Å². The van der Waals surface area contributed by atoms with E-state index in [0.717, 1.165) is 0 Å². The molecule has 1 rings (SSSR count). The van der Waals surface area contributed by atoms with Crippen molar-refractivity contribution in [3.8, 4) is 0 Å². The number of nitrogens with one attached hydrogen (secondary N) is 1. The maximum atomic E-state index is 11.3. The summed E-state index contributed by atoms with van der Waals surface area (Å²) in [5.74, 6) is -1.20. The Bertz CT molecular complexity index is 459. The highest BCUT2D eigenvalue weighted by atomic mass is 16.5. The average Bonchev–Trinajstić information content (AvgIpc) is 2.25. The first-order valence-corrected chi connectivity index (χ1v) is 5.24. The zero-order valence-corrected chi connectivity index (χ0v) is 10.4. The molecular formula is C11H15N3O4. The van der Waals surface area contributed by atoms with Gasteiger partial charge in [-0.15, -0.1) is 0 Å². The van der Waals surface area contributed by atoms with E-state index in [1.165, 1.54) is 19.5 Å². The van der Waals surface area contributed by atoms with Crippen LogP contribution in [0.1, 0.15) is 30.8 Å². The highest BCUT2D eigenvalue weighted by molar-refractivity contribution is 5.87. The standard InChI is InChI=1S/C11H15N3O4/c1-11(2,4-9(15)16)14-8-6-12-5-7(13-8)10(17)18-3/h5-6H,4H2,1-3H3,(H,13,14)(H,15,16). The normalized spacial score (nSPS) is 10.8. The van der Waals surface area contributed by atoms with E-state index in [9.17, 15) is 9.59 Å². The van der Waals surface area contributed by atoms with Crippen molar-refractivity contribution < 1.29 is 19.4 Å². The van der Waals surface area contributed by atoms with Crippen LogP contribution in [0.15, 0.2) is 12.4 Å². The van der Waals surface area contributed by atoms with Gasteiger partial charge in [-0.3, -0.25) is 9.78 Å². The number of carboxylic acid groups (broad SMARTS) is 1. The Morgan fingerprint density at radius 2 is 2.11 bits per heavy atom. The number of methoxy groups -OCH3 is 1. The summed E-state index contributed by atoms with van der Waals surface area (Å²) in [7, 11) is 1.25. The molecule has 1 aromatic heterocycles. The minimum atomic E-state index is -0.926. The van der Waals surface area contributed by atoms with E-state index in [4.69, 9.17) is 5.11 Å². The Balaban J connectivity index is 2.85. The van der Waals surface area contributed by atoms with Crippen molar-refractivity contribution in [1.29, 1.82) is 0 Å². The number of nitrogens with zero attached hydrogens (tertiary/aromatic N) is 2. The number of hydrogen-bond acceptors (Lipinski definition) is 6. The maximum Gasteiger partial charge on any atom is 0.358 e. The van der Waals surface area contributed by atoms with E-state index in [1.807, 2.05) is 0 Å². The first-order chi connectivity index (χ1) is 8.34. The van der Waals surface area contributed by atoms with Crippen LogP contribution >= 0.6 is 0 Å². The molecule has 1 heterocycles. The van der Waals surface area contributed by atoms with Gasteiger partial charge in [-0.2, -0.15) is 0 Å². The number of aliphatic carboxylic acids is 1. The third-order valence-electron chi connectivity index (χ3n) is 2.09. The number of esters is 1. The molecule has 98 valence electrons. The molecule has 0 atom stereocenters. The summed E-state index contributed by atoms with van der Waals surface area (Å²) in [5, 5.41) is 11.7. The Labute approximate surface area is 104 Å². The zero-order valence-electron chi connectivity index (χ0n) is 10.4. The molecule has 0 amide bonds. The van der Waals surface area contributed by atoms with Crippen LogP contribution in [0.4, 0.5) is 5.82 Å². The number of rotatable bonds is 5. The van der Waals surface area contributed by atoms with Crippen molar-refractivity contribution in [2.24, 2.45) is 0 Å². The topological polar surface area (TPSA) is 101 Å². The molecule has 0 radical (unpaired) electrons. The molecule has 0 unspecified atom stereocenters. The highest BCUT2D eigenvalue weighted by Gasteiger charge is 2.22. The van der Waals surface area contributed by atoms with Crippen LogP contribution in [-0.4, -0.2) is 39.7 Å². The van der Waals surface area contributed by atoms with Gasteiger partial charge in [-0.25, -0.2) is 9.78 Å². The highest BCUT2D eigenvalue weighted by Crippen LogP contribution is 2.16. The maximum absolute atomic E-state index is 11.3. The molecule has 7 nitrogen and oxygen atoms in total. The number of ether oxygens (including phenoxy) is 1. The molecular weight excluding hydrogens is 238 g/mol. The third-order valence-corrected chi connectivity index (χ3v) is 2.09. The monoisotopic (exact) mass is 253 g/mol. The Kier molecular flexibility index (Phi) is 4.19. The minimum Gasteiger partial charge on any atom is -0.481 e. The Hall–Kier alpha value is -2.18. The Morgan fingerprint density at radius 1 is 1.44 bits per heavy atom. The number of anilines is 1. The van der Waals surface area contributed by atoms with Gasteiger partial charge in [0.1, 0.15) is 5.82 Å². The molecule has 0 saturated heterocycles. The molecule has 1 aromatic rings. The van der Waals surface area contributed by atoms with E-state index in [0.29, 0.717) is 5.82 Å². The smallest absolute Gasteiger partial charge is 0.358 e. The van der Waals surface area contributed by atoms with Gasteiger partial charge in [0.2, 0.25) is 0 Å². The predicted octanol–water partition coefficient (Wildman–Crippen LogP) is 0.928. The molecule has 0 saturated carbocycles. The summed E-state index contributed by atoms with van der Waals surface area (Å²) in [6, 6.07) is 0. The van der Waals surface area contributed by atoms with Crippen molar-refractivity contribution in [3.63, 3.8) is 0 Å². The van der Waals surface area contributed by atoms with E-state index in [-0.39, 0.29) is 12.1 Å². The van der Waals surface area contributed by atoms with Gasteiger partial charge in [0.05, 0.1) is 25.9 Å². The van der Waals surface area contributed by atoms with Gasteiger partial charge >= 0.3 is 11.9 Å². The van der Waals surface area contributed by atoms with Crippen LogP contribution in [0.25, 0.3) is 0 Å². The zero-order chi connectivity index (χ0) is 13.8. The van der Waals surface area contributed by atoms with Crippen molar-refractivity contribution in [2.75, 3.05) is 12.4 Å². The van der Waals surface area contributed by atoms with Gasteiger partial charge in [-0.1, -0.05) is 0 Å². The molecule has 0 aromatic carbocycles. The molecule has 0 aliphatic carbocycles. The SMILES string of the molecule is COC(=O)c1cncc(NC(C)(C)CC(=O)O)n1. The number of aromatic nitrogens is 2. The second-order valence-corrected chi connectivity index (χ2v) is 4.36. The predicted molar refractivity (Wildman–Crippen MR) is 63.3 cm³/mol. The lowest BCUT2D eigenvalue weighted by molar-refractivity contribution is -0.137. The van der Waals surface area contributed by atoms with Crippen LogP contribution < -0.4 is 5.32 Å². The van der Waals surface area contributed by atoms with Gasteiger partial charge in [-0.05, 0) is 13.8 Å². The number of hydrogen-bond donors (Lipinski definition) is 2. The summed E-state index contributed by atoms with van der Waals surface area (Å²) in [5.41, 5.74) is -0.636. The minimum absolute atomic E-state index is 0.0635. The second kappa shape index (κ2) is 5.44. The van der Waals surface area contributed by atoms with Gasteiger partial charge in [0.25, 0.3) is 0 Å². The lowest BCUT2D eigenvalue weighted by Gasteiger charge is -2.24. The first kappa shape index (κ1) is 13.9. The van der Waals surface area contributed by atoms with Crippen LogP contribution in [-0.2, 0) is 9.53 Å². The molecule has 0 bridgehead atoms. The lowest BCUT2D eigenvalue weighted by atomic mass is 10.0. The van der Waals surface area contributed by atoms with Crippen LogP contribution in [0.2, 0.25) is 0 Å². The molecule has 2 N–H and O–H groups in total. The van der Waals surface area contributed by atoms with Gasteiger partial charge in [0.15, 0.2) is 5.69 Å². The van der Waals surface area contributed by atoms with Crippen molar-refractivity contribution >= 4 is 17.8 Å². The second-order valence-electron chi connectivity index (χ2n) is 4.36. The van der Waals surface area contributed by atoms with Crippen molar-refractivity contribution in [1.82, 2.24) is 9.97 Å². The number of carbonyl (C=O) groups excluding carboxylic acids is 1. The largest absolute Gasteiger partial charge is 0.481 e. The average molecular weight is 253 g/mol. The quantitative estimate of drug-likeness (QED) is 0.752. The van der Waals surface area contributed by atoms with Crippen molar-refractivity contribution in [2.45, 2.75) is 25.8 Å². The molecule has 0 spiro atoms. The molecule has 0 aliphatic rings. The fourth-order valence-electron chi connectivity index (χ4n) is 1.40. The van der Waals surface area contributed by atoms with Crippen LogP contribution in [0.3, 0.4) is 0 Å². The summed E-state index contributed by atoms with van der Waals surface area (Å²) in [4.78, 5) is 29.8. The summed E-state index contributed by atoms with van der Waals surface area (Å²) in [6.45, 7) is 3.43. The fraction of sp³-hybridized carbons (Fsp3) is 0.455.